The van der Waals surface area contributed by atoms with Gasteiger partial charge in [0.15, 0.2) is 5.78 Å². The molecule has 0 saturated carbocycles. The molecule has 4 heteroatoms. The van der Waals surface area contributed by atoms with Gasteiger partial charge in [0.05, 0.1) is 13.5 Å². The Hall–Kier alpha value is -1.84. The fourth-order valence-corrected chi connectivity index (χ4v) is 3.08. The van der Waals surface area contributed by atoms with Gasteiger partial charge in [0, 0.05) is 24.2 Å². The Kier molecular flexibility index (Phi) is 13.1. The lowest BCUT2D eigenvalue weighted by Gasteiger charge is -2.07. The van der Waals surface area contributed by atoms with E-state index in [9.17, 15) is 9.59 Å². The second kappa shape index (κ2) is 15.2. The van der Waals surface area contributed by atoms with E-state index in [-0.39, 0.29) is 24.6 Å². The van der Waals surface area contributed by atoms with Crippen molar-refractivity contribution in [2.75, 3.05) is 19.0 Å². The minimum Gasteiger partial charge on any atom is -0.469 e. The van der Waals surface area contributed by atoms with Crippen LogP contribution in [-0.4, -0.2) is 25.4 Å². The molecule has 0 fully saturated rings. The van der Waals surface area contributed by atoms with Crippen LogP contribution in [0.5, 0.6) is 0 Å². The largest absolute Gasteiger partial charge is 0.469 e. The van der Waals surface area contributed by atoms with E-state index in [2.05, 4.69) is 17.0 Å². The highest BCUT2D eigenvalue weighted by atomic mass is 16.5. The molecule has 0 amide bonds. The normalized spacial score (nSPS) is 10.6. The van der Waals surface area contributed by atoms with Crippen molar-refractivity contribution >= 4 is 17.4 Å². The fourth-order valence-electron chi connectivity index (χ4n) is 3.08. The Morgan fingerprint density at radius 1 is 0.815 bits per heavy atom. The summed E-state index contributed by atoms with van der Waals surface area (Å²) in [5.41, 5.74) is 1.68. The molecule has 0 aromatic heterocycles. The van der Waals surface area contributed by atoms with Gasteiger partial charge in [-0.1, -0.05) is 64.7 Å². The summed E-state index contributed by atoms with van der Waals surface area (Å²) in [7, 11) is 1.34. The Bertz CT molecular complexity index is 525. The molecule has 152 valence electrons. The number of hydrogen-bond donors (Lipinski definition) is 1. The fraction of sp³-hybridized carbons (Fsp3) is 0.652. The summed E-state index contributed by atoms with van der Waals surface area (Å²) in [5.74, 6) is -0.375. The number of methoxy groups -OCH3 is 1. The molecular formula is C23H37NO3. The molecule has 27 heavy (non-hydrogen) atoms. The summed E-state index contributed by atoms with van der Waals surface area (Å²) >= 11 is 0. The maximum Gasteiger partial charge on any atom is 0.305 e. The van der Waals surface area contributed by atoms with Crippen LogP contribution < -0.4 is 5.32 Å². The van der Waals surface area contributed by atoms with Crippen molar-refractivity contribution in [1.29, 1.82) is 0 Å². The molecule has 0 radical (unpaired) electrons. The molecule has 4 nitrogen and oxygen atoms in total. The smallest absolute Gasteiger partial charge is 0.305 e. The number of benzene rings is 1. The molecule has 0 atom stereocenters. The first-order chi connectivity index (χ1) is 13.2. The first-order valence-electron chi connectivity index (χ1n) is 10.6. The van der Waals surface area contributed by atoms with Crippen molar-refractivity contribution in [2.24, 2.45) is 0 Å². The first-order valence-corrected chi connectivity index (χ1v) is 10.6. The molecule has 0 aliphatic rings. The molecule has 0 aliphatic carbocycles. The maximum atomic E-state index is 12.0. The average molecular weight is 376 g/mol. The van der Waals surface area contributed by atoms with Crippen molar-refractivity contribution in [2.45, 2.75) is 84.0 Å². The van der Waals surface area contributed by atoms with Gasteiger partial charge in [-0.25, -0.2) is 0 Å². The van der Waals surface area contributed by atoms with E-state index in [1.165, 1.54) is 71.3 Å². The van der Waals surface area contributed by atoms with Gasteiger partial charge in [0.25, 0.3) is 0 Å². The number of esters is 1. The summed E-state index contributed by atoms with van der Waals surface area (Å²) in [6.07, 6.45) is 13.7. The number of carbonyl (C=O) groups excluding carboxylic acids is 2. The van der Waals surface area contributed by atoms with Crippen molar-refractivity contribution in [3.05, 3.63) is 29.8 Å². The van der Waals surface area contributed by atoms with Crippen LogP contribution >= 0.6 is 0 Å². The molecule has 1 rings (SSSR count). The minimum absolute atomic E-state index is 0.0263. The van der Waals surface area contributed by atoms with Gasteiger partial charge in [-0.05, 0) is 30.7 Å². The van der Waals surface area contributed by atoms with E-state index in [1.807, 2.05) is 24.3 Å². The number of unbranched alkanes of at least 4 members (excludes halogenated alkanes) is 9. The summed E-state index contributed by atoms with van der Waals surface area (Å²) in [4.78, 5) is 23.1. The van der Waals surface area contributed by atoms with Gasteiger partial charge >= 0.3 is 5.97 Å². The number of nitrogens with one attached hydrogen (secondary N) is 1. The molecule has 0 unspecified atom stereocenters. The number of ketones is 1. The van der Waals surface area contributed by atoms with Crippen LogP contribution in [0.3, 0.4) is 0 Å². The number of carbonyl (C=O) groups is 2. The van der Waals surface area contributed by atoms with E-state index in [0.29, 0.717) is 5.56 Å². The average Bonchev–Trinajstić information content (AvgIpc) is 2.70. The first kappa shape index (κ1) is 23.2. The number of hydrogen-bond acceptors (Lipinski definition) is 4. The van der Waals surface area contributed by atoms with Crippen LogP contribution in [0.25, 0.3) is 0 Å². The Balaban J connectivity index is 2.07. The highest BCUT2D eigenvalue weighted by Gasteiger charge is 2.09. The highest BCUT2D eigenvalue weighted by molar-refractivity contribution is 5.97. The van der Waals surface area contributed by atoms with Crippen LogP contribution in [-0.2, 0) is 9.53 Å². The molecule has 1 N–H and O–H groups in total. The zero-order valence-corrected chi connectivity index (χ0v) is 17.2. The molecule has 1 aromatic carbocycles. The predicted molar refractivity (Wildman–Crippen MR) is 112 cm³/mol. The third-order valence-corrected chi connectivity index (χ3v) is 4.85. The predicted octanol–water partition coefficient (Wildman–Crippen LogP) is 6.16. The van der Waals surface area contributed by atoms with Gasteiger partial charge in [-0.15, -0.1) is 0 Å². The van der Waals surface area contributed by atoms with Crippen LogP contribution in [0.2, 0.25) is 0 Å². The summed E-state index contributed by atoms with van der Waals surface area (Å²) in [5, 5.41) is 3.41. The lowest BCUT2D eigenvalue weighted by Crippen LogP contribution is -2.06. The zero-order chi connectivity index (χ0) is 19.7. The van der Waals surface area contributed by atoms with E-state index < -0.39 is 0 Å². The van der Waals surface area contributed by atoms with Gasteiger partial charge in [0.1, 0.15) is 0 Å². The maximum absolute atomic E-state index is 12.0. The van der Waals surface area contributed by atoms with Crippen LogP contribution in [0.15, 0.2) is 24.3 Å². The Labute approximate surface area is 165 Å². The van der Waals surface area contributed by atoms with E-state index in [0.717, 1.165) is 12.2 Å². The number of Topliss-reactive ketones (excluding diaryl/α,β-unsaturated/α-hetero) is 1. The molecular weight excluding hydrogens is 338 g/mol. The molecule has 0 bridgehead atoms. The van der Waals surface area contributed by atoms with E-state index >= 15 is 0 Å². The molecule has 0 spiro atoms. The third kappa shape index (κ3) is 11.5. The lowest BCUT2D eigenvalue weighted by atomic mass is 10.1. The summed E-state index contributed by atoms with van der Waals surface area (Å²) < 4.78 is 4.56. The van der Waals surface area contributed by atoms with Crippen LogP contribution in [0.4, 0.5) is 5.69 Å². The van der Waals surface area contributed by atoms with E-state index in [4.69, 9.17) is 0 Å². The quantitative estimate of drug-likeness (QED) is 0.214. The van der Waals surface area contributed by atoms with Crippen molar-refractivity contribution < 1.29 is 14.3 Å². The summed E-state index contributed by atoms with van der Waals surface area (Å²) in [6.45, 7) is 3.22. The number of anilines is 1. The Morgan fingerprint density at radius 3 is 1.93 bits per heavy atom. The second-order valence-electron chi connectivity index (χ2n) is 7.19. The number of rotatable bonds is 16. The Morgan fingerprint density at radius 2 is 1.37 bits per heavy atom. The molecule has 1 aromatic rings. The van der Waals surface area contributed by atoms with Crippen molar-refractivity contribution in [3.63, 3.8) is 0 Å². The van der Waals surface area contributed by atoms with Gasteiger partial charge < -0.3 is 10.1 Å². The molecule has 0 aliphatic heterocycles. The monoisotopic (exact) mass is 375 g/mol. The number of ether oxygens (including phenoxy) is 1. The third-order valence-electron chi connectivity index (χ3n) is 4.85. The van der Waals surface area contributed by atoms with Crippen molar-refractivity contribution in [3.8, 4) is 0 Å². The topological polar surface area (TPSA) is 55.4 Å². The second-order valence-corrected chi connectivity index (χ2v) is 7.19. The zero-order valence-electron chi connectivity index (χ0n) is 17.2. The van der Waals surface area contributed by atoms with Crippen LogP contribution in [0, 0.1) is 0 Å². The van der Waals surface area contributed by atoms with Gasteiger partial charge in [0.2, 0.25) is 0 Å². The van der Waals surface area contributed by atoms with Gasteiger partial charge in [-0.2, -0.15) is 0 Å². The van der Waals surface area contributed by atoms with E-state index in [1.54, 1.807) is 0 Å². The van der Waals surface area contributed by atoms with Gasteiger partial charge in [-0.3, -0.25) is 9.59 Å². The lowest BCUT2D eigenvalue weighted by molar-refractivity contribution is -0.140. The summed E-state index contributed by atoms with van der Waals surface area (Å²) in [6, 6.07) is 7.50. The molecule has 0 saturated heterocycles. The minimum atomic E-state index is -0.349. The standard InChI is InChI=1S/C23H37NO3/c1-3-4-5-6-7-8-9-10-11-12-19-24-21-15-13-20(14-16-21)22(25)17-18-23(26)27-2/h13-16,24H,3-12,17-19H2,1-2H3. The van der Waals surface area contributed by atoms with Crippen LogP contribution in [0.1, 0.15) is 94.3 Å². The highest BCUT2D eigenvalue weighted by Crippen LogP contribution is 2.14. The van der Waals surface area contributed by atoms with Crippen molar-refractivity contribution in [1.82, 2.24) is 0 Å². The SMILES string of the molecule is CCCCCCCCCCCCNc1ccc(C(=O)CCC(=O)OC)cc1. The molecule has 0 heterocycles.